The van der Waals surface area contributed by atoms with Crippen LogP contribution in [-0.2, 0) is 25.8 Å². The molecule has 1 aliphatic rings. The third-order valence-corrected chi connectivity index (χ3v) is 4.94. The molecule has 1 N–H and O–H groups in total. The molecule has 0 unspecified atom stereocenters. The quantitative estimate of drug-likeness (QED) is 0.858. The number of halogens is 1. The first-order chi connectivity index (χ1) is 9.24. The van der Waals surface area contributed by atoms with Crippen molar-refractivity contribution in [3.8, 4) is 0 Å². The van der Waals surface area contributed by atoms with Gasteiger partial charge in [-0.2, -0.15) is 0 Å². The highest BCUT2D eigenvalue weighted by Crippen LogP contribution is 2.30. The maximum absolute atomic E-state index is 4.48. The summed E-state index contributed by atoms with van der Waals surface area (Å²) >= 11 is 5.37. The highest BCUT2D eigenvalue weighted by Gasteiger charge is 2.14. The van der Waals surface area contributed by atoms with Crippen LogP contribution in [0.3, 0.4) is 0 Å². The Morgan fingerprint density at radius 3 is 3.00 bits per heavy atom. The standard InChI is InChI=1S/C14H16BrN3S/c1-2-13-17-12(15)7-14(18-13)16-8-10-6-9-4-3-5-11(9)19-10/h6-7H,2-5,8H2,1H3,(H,16,17,18). The van der Waals surface area contributed by atoms with Gasteiger partial charge in [0.25, 0.3) is 0 Å². The van der Waals surface area contributed by atoms with Crippen LogP contribution in [0.15, 0.2) is 16.7 Å². The third kappa shape index (κ3) is 2.98. The average Bonchev–Trinajstić information content (AvgIpc) is 2.96. The Balaban J connectivity index is 1.69. The minimum atomic E-state index is 0.843. The van der Waals surface area contributed by atoms with Crippen molar-refractivity contribution in [3.05, 3.63) is 37.9 Å². The van der Waals surface area contributed by atoms with Gasteiger partial charge in [-0.25, -0.2) is 9.97 Å². The van der Waals surface area contributed by atoms with E-state index >= 15 is 0 Å². The monoisotopic (exact) mass is 337 g/mol. The molecular formula is C14H16BrN3S. The van der Waals surface area contributed by atoms with E-state index in [4.69, 9.17) is 0 Å². The molecule has 3 nitrogen and oxygen atoms in total. The van der Waals surface area contributed by atoms with Gasteiger partial charge in [-0.3, -0.25) is 0 Å². The first-order valence-electron chi connectivity index (χ1n) is 6.62. The summed E-state index contributed by atoms with van der Waals surface area (Å²) in [7, 11) is 0. The van der Waals surface area contributed by atoms with Gasteiger partial charge in [-0.05, 0) is 46.8 Å². The predicted molar refractivity (Wildman–Crippen MR) is 82.8 cm³/mol. The molecule has 5 heteroatoms. The van der Waals surface area contributed by atoms with Crippen molar-refractivity contribution in [3.63, 3.8) is 0 Å². The van der Waals surface area contributed by atoms with Crippen molar-refractivity contribution >= 4 is 33.1 Å². The first kappa shape index (κ1) is 13.1. The second kappa shape index (κ2) is 5.59. The zero-order chi connectivity index (χ0) is 13.2. The molecule has 0 radical (unpaired) electrons. The fourth-order valence-electron chi connectivity index (χ4n) is 2.37. The van der Waals surface area contributed by atoms with Gasteiger partial charge in [-0.1, -0.05) is 6.92 Å². The van der Waals surface area contributed by atoms with Gasteiger partial charge in [-0.15, -0.1) is 11.3 Å². The van der Waals surface area contributed by atoms with Gasteiger partial charge in [0.15, 0.2) is 0 Å². The van der Waals surface area contributed by atoms with Gasteiger partial charge in [0.1, 0.15) is 16.2 Å². The van der Waals surface area contributed by atoms with Crippen LogP contribution in [0.2, 0.25) is 0 Å². The van der Waals surface area contributed by atoms with E-state index < -0.39 is 0 Å². The van der Waals surface area contributed by atoms with Crippen LogP contribution in [0.4, 0.5) is 5.82 Å². The van der Waals surface area contributed by atoms with E-state index in [2.05, 4.69) is 44.2 Å². The number of nitrogens with zero attached hydrogens (tertiary/aromatic N) is 2. The Kier molecular flexibility index (Phi) is 3.84. The largest absolute Gasteiger partial charge is 0.365 e. The van der Waals surface area contributed by atoms with Crippen molar-refractivity contribution in [2.45, 2.75) is 39.2 Å². The topological polar surface area (TPSA) is 37.8 Å². The molecule has 0 saturated carbocycles. The second-order valence-corrected chi connectivity index (χ2v) is 6.75. The maximum atomic E-state index is 4.48. The van der Waals surface area contributed by atoms with Crippen molar-refractivity contribution in [1.82, 2.24) is 9.97 Å². The normalized spacial score (nSPS) is 13.6. The Hall–Kier alpha value is -0.940. The molecule has 2 aromatic rings. The molecule has 1 aliphatic carbocycles. The minimum Gasteiger partial charge on any atom is -0.365 e. The van der Waals surface area contributed by atoms with Crippen LogP contribution in [0, 0.1) is 0 Å². The fourth-order valence-corrected chi connectivity index (χ4v) is 3.99. The molecule has 0 fully saturated rings. The molecule has 100 valence electrons. The number of rotatable bonds is 4. The molecule has 0 spiro atoms. The van der Waals surface area contributed by atoms with E-state index in [0.29, 0.717) is 0 Å². The summed E-state index contributed by atoms with van der Waals surface area (Å²) in [5, 5.41) is 3.39. The summed E-state index contributed by atoms with van der Waals surface area (Å²) in [6.45, 7) is 2.92. The van der Waals surface area contributed by atoms with Crippen molar-refractivity contribution in [1.29, 1.82) is 0 Å². The molecule has 0 saturated heterocycles. The smallest absolute Gasteiger partial charge is 0.131 e. The Bertz CT molecular complexity index is 573. The lowest BCUT2D eigenvalue weighted by Crippen LogP contribution is -2.03. The summed E-state index contributed by atoms with van der Waals surface area (Å²) in [4.78, 5) is 11.8. The number of anilines is 1. The number of aryl methyl sites for hydroxylation is 3. The predicted octanol–water partition coefficient (Wildman–Crippen LogP) is 3.96. The molecule has 0 amide bonds. The zero-order valence-corrected chi connectivity index (χ0v) is 13.3. The van der Waals surface area contributed by atoms with E-state index in [1.807, 2.05) is 17.4 Å². The number of nitrogens with one attached hydrogen (secondary N) is 1. The Labute approximate surface area is 125 Å². The lowest BCUT2D eigenvalue weighted by molar-refractivity contribution is 0.912. The summed E-state index contributed by atoms with van der Waals surface area (Å²) < 4.78 is 0.843. The van der Waals surface area contributed by atoms with E-state index in [1.165, 1.54) is 24.1 Å². The molecule has 2 heterocycles. The SMILES string of the molecule is CCc1nc(Br)cc(NCc2cc3c(s2)CCC3)n1. The molecule has 0 aliphatic heterocycles. The van der Waals surface area contributed by atoms with Crippen LogP contribution in [0.5, 0.6) is 0 Å². The van der Waals surface area contributed by atoms with Crippen molar-refractivity contribution < 1.29 is 0 Å². The summed E-state index contributed by atoms with van der Waals surface area (Å²) in [6.07, 6.45) is 4.69. The third-order valence-electron chi connectivity index (χ3n) is 3.30. The molecule has 2 aromatic heterocycles. The van der Waals surface area contributed by atoms with E-state index in [-0.39, 0.29) is 0 Å². The molecule has 0 bridgehead atoms. The number of hydrogen-bond donors (Lipinski definition) is 1. The van der Waals surface area contributed by atoms with Gasteiger partial charge in [0.2, 0.25) is 0 Å². The van der Waals surface area contributed by atoms with Crippen LogP contribution >= 0.6 is 27.3 Å². The highest BCUT2D eigenvalue weighted by molar-refractivity contribution is 9.10. The molecular weight excluding hydrogens is 322 g/mol. The van der Waals surface area contributed by atoms with Crippen LogP contribution in [-0.4, -0.2) is 9.97 Å². The zero-order valence-electron chi connectivity index (χ0n) is 10.9. The maximum Gasteiger partial charge on any atom is 0.131 e. The van der Waals surface area contributed by atoms with Gasteiger partial charge < -0.3 is 5.32 Å². The van der Waals surface area contributed by atoms with E-state index in [0.717, 1.165) is 29.2 Å². The Morgan fingerprint density at radius 1 is 1.32 bits per heavy atom. The molecule has 0 aromatic carbocycles. The number of aromatic nitrogens is 2. The van der Waals surface area contributed by atoms with Crippen LogP contribution in [0.1, 0.15) is 34.5 Å². The van der Waals surface area contributed by atoms with Crippen molar-refractivity contribution in [2.75, 3.05) is 5.32 Å². The number of hydrogen-bond acceptors (Lipinski definition) is 4. The number of thiophene rings is 1. The van der Waals surface area contributed by atoms with E-state index in [9.17, 15) is 0 Å². The van der Waals surface area contributed by atoms with Crippen molar-refractivity contribution in [2.24, 2.45) is 0 Å². The Morgan fingerprint density at radius 2 is 2.21 bits per heavy atom. The van der Waals surface area contributed by atoms with Gasteiger partial charge in [0, 0.05) is 22.2 Å². The molecule has 19 heavy (non-hydrogen) atoms. The first-order valence-corrected chi connectivity index (χ1v) is 8.23. The lowest BCUT2D eigenvalue weighted by atomic mass is 10.2. The molecule has 3 rings (SSSR count). The van der Waals surface area contributed by atoms with E-state index in [1.54, 1.807) is 10.4 Å². The van der Waals surface area contributed by atoms with Gasteiger partial charge in [0.05, 0.1) is 6.54 Å². The van der Waals surface area contributed by atoms with Crippen LogP contribution < -0.4 is 5.32 Å². The molecule has 0 atom stereocenters. The summed E-state index contributed by atoms with van der Waals surface area (Å²) in [5.41, 5.74) is 1.56. The lowest BCUT2D eigenvalue weighted by Gasteiger charge is -2.06. The summed E-state index contributed by atoms with van der Waals surface area (Å²) in [6, 6.07) is 4.28. The van der Waals surface area contributed by atoms with Gasteiger partial charge >= 0.3 is 0 Å². The minimum absolute atomic E-state index is 0.843. The highest BCUT2D eigenvalue weighted by atomic mass is 79.9. The fraction of sp³-hybridized carbons (Fsp3) is 0.429. The second-order valence-electron chi connectivity index (χ2n) is 4.71. The number of fused-ring (bicyclic) bond motifs is 1. The average molecular weight is 338 g/mol. The summed E-state index contributed by atoms with van der Waals surface area (Å²) in [5.74, 6) is 1.76. The van der Waals surface area contributed by atoms with Crippen LogP contribution in [0.25, 0.3) is 0 Å².